The Morgan fingerprint density at radius 1 is 1.11 bits per heavy atom. The predicted molar refractivity (Wildman–Crippen MR) is 108 cm³/mol. The molecule has 0 atom stereocenters. The van der Waals surface area contributed by atoms with Gasteiger partial charge in [0.15, 0.2) is 0 Å². The van der Waals surface area contributed by atoms with Crippen molar-refractivity contribution in [1.82, 2.24) is 5.32 Å². The molecule has 2 aromatic carbocycles. The molecule has 0 unspecified atom stereocenters. The largest absolute Gasteiger partial charge is 0.491 e. The molecule has 0 aliphatic heterocycles. The van der Waals surface area contributed by atoms with Gasteiger partial charge in [-0.15, -0.1) is 0 Å². The highest BCUT2D eigenvalue weighted by molar-refractivity contribution is 7.92. The lowest BCUT2D eigenvalue weighted by Crippen LogP contribution is -2.41. The van der Waals surface area contributed by atoms with Gasteiger partial charge in [0, 0.05) is 0 Å². The van der Waals surface area contributed by atoms with Crippen molar-refractivity contribution in [2.75, 3.05) is 30.3 Å². The second kappa shape index (κ2) is 9.41. The molecule has 146 valence electrons. The van der Waals surface area contributed by atoms with Crippen LogP contribution < -0.4 is 14.4 Å². The number of carbonyl (C=O) groups is 1. The fourth-order valence-electron chi connectivity index (χ4n) is 2.69. The van der Waals surface area contributed by atoms with Crippen molar-refractivity contribution in [2.45, 2.75) is 20.3 Å². The number of nitrogens with one attached hydrogen (secondary N) is 1. The molecule has 6 nitrogen and oxygen atoms in total. The Kier molecular flexibility index (Phi) is 7.24. The SMILES string of the molecule is CCc1ccccc1N(CC(=O)NCCOc1ccccc1C)S(C)(=O)=O. The summed E-state index contributed by atoms with van der Waals surface area (Å²) in [5.41, 5.74) is 2.43. The van der Waals surface area contributed by atoms with E-state index in [0.29, 0.717) is 25.3 Å². The van der Waals surface area contributed by atoms with E-state index in [1.165, 1.54) is 0 Å². The number of aryl methyl sites for hydroxylation is 2. The van der Waals surface area contributed by atoms with E-state index in [0.717, 1.165) is 27.4 Å². The summed E-state index contributed by atoms with van der Waals surface area (Å²) in [6.45, 7) is 4.23. The van der Waals surface area contributed by atoms with E-state index < -0.39 is 10.0 Å². The van der Waals surface area contributed by atoms with Crippen LogP contribution in [0, 0.1) is 6.92 Å². The number of sulfonamides is 1. The van der Waals surface area contributed by atoms with Gasteiger partial charge in [-0.3, -0.25) is 9.10 Å². The molecule has 2 aromatic rings. The molecule has 0 saturated carbocycles. The molecule has 0 aromatic heterocycles. The van der Waals surface area contributed by atoms with Gasteiger partial charge in [-0.25, -0.2) is 8.42 Å². The fourth-order valence-corrected chi connectivity index (χ4v) is 3.58. The van der Waals surface area contributed by atoms with E-state index in [2.05, 4.69) is 5.32 Å². The third-order valence-corrected chi connectivity index (χ3v) is 5.23. The van der Waals surface area contributed by atoms with Crippen molar-refractivity contribution in [1.29, 1.82) is 0 Å². The fraction of sp³-hybridized carbons (Fsp3) is 0.350. The van der Waals surface area contributed by atoms with Crippen LogP contribution in [0.2, 0.25) is 0 Å². The Balaban J connectivity index is 1.96. The monoisotopic (exact) mass is 390 g/mol. The Labute approximate surface area is 161 Å². The summed E-state index contributed by atoms with van der Waals surface area (Å²) in [5, 5.41) is 2.71. The molecule has 1 amide bonds. The number of carbonyl (C=O) groups excluding carboxylic acids is 1. The zero-order valence-corrected chi connectivity index (χ0v) is 16.8. The van der Waals surface area contributed by atoms with Crippen LogP contribution in [0.25, 0.3) is 0 Å². The number of nitrogens with zero attached hydrogens (tertiary/aromatic N) is 1. The highest BCUT2D eigenvalue weighted by Gasteiger charge is 2.22. The van der Waals surface area contributed by atoms with Crippen LogP contribution in [-0.4, -0.2) is 40.3 Å². The number of para-hydroxylation sites is 2. The minimum Gasteiger partial charge on any atom is -0.491 e. The number of benzene rings is 2. The highest BCUT2D eigenvalue weighted by atomic mass is 32.2. The predicted octanol–water partition coefficient (Wildman–Crippen LogP) is 2.52. The number of hydrogen-bond donors (Lipinski definition) is 1. The molecule has 0 saturated heterocycles. The van der Waals surface area contributed by atoms with E-state index in [4.69, 9.17) is 4.74 Å². The van der Waals surface area contributed by atoms with Crippen molar-refractivity contribution < 1.29 is 17.9 Å². The summed E-state index contributed by atoms with van der Waals surface area (Å²) in [6, 6.07) is 14.8. The van der Waals surface area contributed by atoms with Gasteiger partial charge in [-0.05, 0) is 36.6 Å². The Morgan fingerprint density at radius 2 is 1.78 bits per heavy atom. The molecule has 1 N–H and O–H groups in total. The van der Waals surface area contributed by atoms with Crippen LogP contribution in [0.1, 0.15) is 18.1 Å². The summed E-state index contributed by atoms with van der Waals surface area (Å²) >= 11 is 0. The molecule has 7 heteroatoms. The lowest BCUT2D eigenvalue weighted by molar-refractivity contribution is -0.119. The average molecular weight is 391 g/mol. The van der Waals surface area contributed by atoms with Crippen LogP contribution in [0.15, 0.2) is 48.5 Å². The van der Waals surface area contributed by atoms with E-state index >= 15 is 0 Å². The molecule has 0 fully saturated rings. The Bertz CT molecular complexity index is 881. The average Bonchev–Trinajstić information content (AvgIpc) is 2.63. The van der Waals surface area contributed by atoms with Gasteiger partial charge in [-0.2, -0.15) is 0 Å². The van der Waals surface area contributed by atoms with E-state index in [9.17, 15) is 13.2 Å². The highest BCUT2D eigenvalue weighted by Crippen LogP contribution is 2.23. The van der Waals surface area contributed by atoms with Crippen LogP contribution in [-0.2, 0) is 21.2 Å². The molecule has 0 aliphatic rings. The van der Waals surface area contributed by atoms with Crippen LogP contribution in [0.4, 0.5) is 5.69 Å². The molecule has 0 radical (unpaired) electrons. The van der Waals surface area contributed by atoms with Gasteiger partial charge in [0.25, 0.3) is 0 Å². The second-order valence-electron chi connectivity index (χ2n) is 6.22. The quantitative estimate of drug-likeness (QED) is 0.668. The molecular weight excluding hydrogens is 364 g/mol. The van der Waals surface area contributed by atoms with E-state index in [-0.39, 0.29) is 12.5 Å². The van der Waals surface area contributed by atoms with Crippen molar-refractivity contribution >= 4 is 21.6 Å². The maximum Gasteiger partial charge on any atom is 0.240 e. The van der Waals surface area contributed by atoms with E-state index in [1.54, 1.807) is 12.1 Å². The first-order chi connectivity index (χ1) is 12.8. The first-order valence-corrected chi connectivity index (χ1v) is 10.7. The maximum atomic E-state index is 12.3. The topological polar surface area (TPSA) is 75.7 Å². The lowest BCUT2D eigenvalue weighted by Gasteiger charge is -2.24. The van der Waals surface area contributed by atoms with Gasteiger partial charge in [0.05, 0.1) is 18.5 Å². The normalized spacial score (nSPS) is 11.1. The number of ether oxygens (including phenoxy) is 1. The minimum atomic E-state index is -3.58. The van der Waals surface area contributed by atoms with Gasteiger partial charge in [0.2, 0.25) is 15.9 Å². The number of anilines is 1. The van der Waals surface area contributed by atoms with Crippen molar-refractivity contribution in [3.8, 4) is 5.75 Å². The van der Waals surface area contributed by atoms with Crippen molar-refractivity contribution in [2.24, 2.45) is 0 Å². The summed E-state index contributed by atoms with van der Waals surface area (Å²) in [4.78, 5) is 12.3. The van der Waals surface area contributed by atoms with Gasteiger partial charge in [-0.1, -0.05) is 43.3 Å². The lowest BCUT2D eigenvalue weighted by atomic mass is 10.1. The minimum absolute atomic E-state index is 0.264. The third-order valence-electron chi connectivity index (χ3n) is 4.10. The standard InChI is InChI=1S/C20H26N2O4S/c1-4-17-10-6-7-11-18(17)22(27(3,24)25)15-20(23)21-13-14-26-19-12-8-5-9-16(19)2/h5-12H,4,13-15H2,1-3H3,(H,21,23). The van der Waals surface area contributed by atoms with Crippen LogP contribution in [0.3, 0.4) is 0 Å². The summed E-state index contributed by atoms with van der Waals surface area (Å²) in [5.74, 6) is 0.390. The summed E-state index contributed by atoms with van der Waals surface area (Å²) < 4.78 is 31.2. The zero-order chi connectivity index (χ0) is 19.9. The van der Waals surface area contributed by atoms with Gasteiger partial charge < -0.3 is 10.1 Å². The number of hydrogen-bond acceptors (Lipinski definition) is 4. The van der Waals surface area contributed by atoms with Crippen molar-refractivity contribution in [3.63, 3.8) is 0 Å². The maximum absolute atomic E-state index is 12.3. The summed E-state index contributed by atoms with van der Waals surface area (Å²) in [6.07, 6.45) is 1.78. The number of amides is 1. The van der Waals surface area contributed by atoms with Gasteiger partial charge >= 0.3 is 0 Å². The first kappa shape index (κ1) is 20.8. The molecule has 0 bridgehead atoms. The molecule has 0 heterocycles. The first-order valence-electron chi connectivity index (χ1n) is 8.83. The van der Waals surface area contributed by atoms with Crippen molar-refractivity contribution in [3.05, 3.63) is 59.7 Å². The van der Waals surface area contributed by atoms with Crippen LogP contribution in [0.5, 0.6) is 5.75 Å². The smallest absolute Gasteiger partial charge is 0.240 e. The Hall–Kier alpha value is -2.54. The summed E-state index contributed by atoms with van der Waals surface area (Å²) in [7, 11) is -3.58. The molecular formula is C20H26N2O4S. The molecule has 27 heavy (non-hydrogen) atoms. The Morgan fingerprint density at radius 3 is 2.44 bits per heavy atom. The second-order valence-corrected chi connectivity index (χ2v) is 8.12. The molecule has 0 spiro atoms. The van der Waals surface area contributed by atoms with E-state index in [1.807, 2.05) is 50.2 Å². The zero-order valence-electron chi connectivity index (χ0n) is 15.9. The molecule has 0 aliphatic carbocycles. The van der Waals surface area contributed by atoms with Crippen LogP contribution >= 0.6 is 0 Å². The number of rotatable bonds is 9. The third kappa shape index (κ3) is 5.99. The van der Waals surface area contributed by atoms with Gasteiger partial charge in [0.1, 0.15) is 18.9 Å². The molecule has 2 rings (SSSR count).